The van der Waals surface area contributed by atoms with Crippen molar-refractivity contribution in [1.82, 2.24) is 4.98 Å². The zero-order valence-electron chi connectivity index (χ0n) is 12.4. The van der Waals surface area contributed by atoms with E-state index in [4.69, 9.17) is 10.6 Å². The number of nitrogens with one attached hydrogen (secondary N) is 1. The minimum Gasteiger partial charge on any atom is -0.488 e. The summed E-state index contributed by atoms with van der Waals surface area (Å²) in [5.74, 6) is 6.27. The highest BCUT2D eigenvalue weighted by atomic mass is 32.1. The first-order valence-electron chi connectivity index (χ1n) is 6.55. The van der Waals surface area contributed by atoms with Crippen molar-refractivity contribution in [1.29, 1.82) is 0 Å². The second-order valence-electron chi connectivity index (χ2n) is 5.81. The zero-order valence-corrected chi connectivity index (χ0v) is 13.2. The third kappa shape index (κ3) is 3.49. The van der Waals surface area contributed by atoms with Gasteiger partial charge in [-0.25, -0.2) is 10.8 Å². The van der Waals surface area contributed by atoms with E-state index >= 15 is 0 Å². The van der Waals surface area contributed by atoms with E-state index in [1.54, 1.807) is 6.20 Å². The number of hydrogen-bond acceptors (Lipinski definition) is 5. The van der Waals surface area contributed by atoms with Crippen LogP contribution in [-0.4, -0.2) is 4.98 Å². The Hall–Kier alpha value is -1.59. The number of ether oxygens (including phenoxy) is 1. The van der Waals surface area contributed by atoms with Gasteiger partial charge in [-0.15, -0.1) is 0 Å². The molecule has 1 aromatic carbocycles. The summed E-state index contributed by atoms with van der Waals surface area (Å²) in [5, 5.41) is 0.698. The Balaban J connectivity index is 2.18. The fourth-order valence-electron chi connectivity index (χ4n) is 1.96. The highest BCUT2D eigenvalue weighted by Crippen LogP contribution is 2.33. The van der Waals surface area contributed by atoms with Crippen molar-refractivity contribution < 1.29 is 4.74 Å². The monoisotopic (exact) mass is 291 g/mol. The van der Waals surface area contributed by atoms with Gasteiger partial charge in [0.1, 0.15) is 12.4 Å². The lowest BCUT2D eigenvalue weighted by atomic mass is 9.86. The zero-order chi connectivity index (χ0) is 14.8. The summed E-state index contributed by atoms with van der Waals surface area (Å²) >= 11 is 1.50. The lowest BCUT2D eigenvalue weighted by Gasteiger charge is -2.23. The molecule has 0 unspecified atom stereocenters. The number of aromatic nitrogens is 1. The van der Waals surface area contributed by atoms with Gasteiger partial charge in [-0.1, -0.05) is 44.2 Å². The molecular formula is C15H21N3OS. The van der Waals surface area contributed by atoms with Crippen LogP contribution in [0.25, 0.3) is 0 Å². The van der Waals surface area contributed by atoms with E-state index in [1.165, 1.54) is 22.5 Å². The molecule has 0 aliphatic heterocycles. The Morgan fingerprint density at radius 1 is 1.35 bits per heavy atom. The van der Waals surface area contributed by atoms with Crippen LogP contribution in [0.3, 0.4) is 0 Å². The van der Waals surface area contributed by atoms with Crippen molar-refractivity contribution in [2.45, 2.75) is 39.7 Å². The number of hydrazine groups is 1. The largest absolute Gasteiger partial charge is 0.488 e. The maximum absolute atomic E-state index is 5.99. The summed E-state index contributed by atoms with van der Waals surface area (Å²) in [7, 11) is 0. The van der Waals surface area contributed by atoms with E-state index in [2.05, 4.69) is 56.3 Å². The van der Waals surface area contributed by atoms with Crippen LogP contribution in [0.1, 0.15) is 36.8 Å². The Morgan fingerprint density at radius 3 is 2.70 bits per heavy atom. The fourth-order valence-corrected chi connectivity index (χ4v) is 2.59. The molecule has 0 radical (unpaired) electrons. The second kappa shape index (κ2) is 5.81. The number of nitrogens with two attached hydrogens (primary N) is 1. The highest BCUT2D eigenvalue weighted by Gasteiger charge is 2.19. The summed E-state index contributed by atoms with van der Waals surface area (Å²) < 4.78 is 5.99. The Kier molecular flexibility index (Phi) is 4.30. The normalized spacial score (nSPS) is 11.4. The Morgan fingerprint density at radius 2 is 2.10 bits per heavy atom. The molecule has 1 heterocycles. The molecule has 2 aromatic rings. The van der Waals surface area contributed by atoms with Crippen LogP contribution >= 0.6 is 11.3 Å². The van der Waals surface area contributed by atoms with Crippen LogP contribution < -0.4 is 16.0 Å². The summed E-state index contributed by atoms with van der Waals surface area (Å²) in [6, 6.07) is 6.35. The summed E-state index contributed by atoms with van der Waals surface area (Å²) in [5.41, 5.74) is 5.01. The smallest absolute Gasteiger partial charge is 0.197 e. The first kappa shape index (κ1) is 14.8. The van der Waals surface area contributed by atoms with Crippen molar-refractivity contribution >= 4 is 16.5 Å². The average Bonchev–Trinajstić information content (AvgIpc) is 2.83. The van der Waals surface area contributed by atoms with E-state index in [1.807, 2.05) is 0 Å². The van der Waals surface area contributed by atoms with Gasteiger partial charge in [-0.05, 0) is 29.5 Å². The highest BCUT2D eigenvalue weighted by molar-refractivity contribution is 7.15. The predicted octanol–water partition coefficient (Wildman–Crippen LogP) is 3.61. The number of thiazole rings is 1. The lowest BCUT2D eigenvalue weighted by Crippen LogP contribution is -2.13. The molecule has 0 aliphatic carbocycles. The van der Waals surface area contributed by atoms with E-state index in [9.17, 15) is 0 Å². The van der Waals surface area contributed by atoms with Gasteiger partial charge in [-0.3, -0.25) is 5.43 Å². The van der Waals surface area contributed by atoms with Crippen LogP contribution in [0.15, 0.2) is 24.4 Å². The van der Waals surface area contributed by atoms with Crippen LogP contribution in [0, 0.1) is 6.92 Å². The summed E-state index contributed by atoms with van der Waals surface area (Å²) in [6.07, 6.45) is 1.78. The molecule has 0 fully saturated rings. The van der Waals surface area contributed by atoms with Gasteiger partial charge >= 0.3 is 0 Å². The Labute approximate surface area is 124 Å². The van der Waals surface area contributed by atoms with Gasteiger partial charge in [0.2, 0.25) is 0 Å². The minimum atomic E-state index is 0.0563. The quantitative estimate of drug-likeness (QED) is 0.667. The molecule has 4 nitrogen and oxygen atoms in total. The third-order valence-electron chi connectivity index (χ3n) is 2.99. The van der Waals surface area contributed by atoms with Crippen LogP contribution in [0.4, 0.5) is 5.13 Å². The number of anilines is 1. The molecule has 2 rings (SSSR count). The van der Waals surface area contributed by atoms with Crippen LogP contribution in [0.2, 0.25) is 0 Å². The summed E-state index contributed by atoms with van der Waals surface area (Å²) in [6.45, 7) is 9.14. The van der Waals surface area contributed by atoms with Crippen molar-refractivity contribution in [2.24, 2.45) is 5.84 Å². The minimum absolute atomic E-state index is 0.0563. The van der Waals surface area contributed by atoms with Gasteiger partial charge in [0.25, 0.3) is 0 Å². The second-order valence-corrected chi connectivity index (χ2v) is 6.93. The standard InChI is InChI=1S/C15H21N3OS/c1-10-5-6-12(15(2,3)4)13(7-10)19-9-11-8-17-14(18-16)20-11/h5-8H,9,16H2,1-4H3,(H,17,18). The van der Waals surface area contributed by atoms with Gasteiger partial charge in [0.15, 0.2) is 5.13 Å². The molecule has 0 spiro atoms. The van der Waals surface area contributed by atoms with Crippen LogP contribution in [-0.2, 0) is 12.0 Å². The molecule has 0 saturated carbocycles. The molecular weight excluding hydrogens is 270 g/mol. The number of benzene rings is 1. The molecule has 1 aromatic heterocycles. The van der Waals surface area contributed by atoms with Crippen molar-refractivity contribution in [3.8, 4) is 5.75 Å². The Bertz CT molecular complexity index is 587. The number of rotatable bonds is 4. The fraction of sp³-hybridized carbons (Fsp3) is 0.400. The first-order valence-corrected chi connectivity index (χ1v) is 7.37. The molecule has 3 N–H and O–H groups in total. The number of aryl methyl sites for hydroxylation is 1. The third-order valence-corrected chi connectivity index (χ3v) is 3.89. The van der Waals surface area contributed by atoms with Gasteiger partial charge in [0.05, 0.1) is 4.88 Å². The molecule has 0 bridgehead atoms. The molecule has 0 aliphatic rings. The maximum atomic E-state index is 5.99. The molecule has 0 amide bonds. The topological polar surface area (TPSA) is 60.2 Å². The van der Waals surface area contributed by atoms with Gasteiger partial charge in [0, 0.05) is 6.20 Å². The van der Waals surface area contributed by atoms with Crippen molar-refractivity contribution in [3.63, 3.8) is 0 Å². The van der Waals surface area contributed by atoms with Crippen molar-refractivity contribution in [2.75, 3.05) is 5.43 Å². The predicted molar refractivity (Wildman–Crippen MR) is 84.1 cm³/mol. The molecule has 5 heteroatoms. The number of nitrogen functional groups attached to an aromatic ring is 1. The SMILES string of the molecule is Cc1ccc(C(C)(C)C)c(OCc2cnc(NN)s2)c1. The lowest BCUT2D eigenvalue weighted by molar-refractivity contribution is 0.300. The van der Waals surface area contributed by atoms with E-state index in [0.29, 0.717) is 11.7 Å². The average molecular weight is 291 g/mol. The molecule has 20 heavy (non-hydrogen) atoms. The van der Waals surface area contributed by atoms with E-state index in [-0.39, 0.29) is 5.41 Å². The van der Waals surface area contributed by atoms with Crippen LogP contribution in [0.5, 0.6) is 5.75 Å². The van der Waals surface area contributed by atoms with E-state index in [0.717, 1.165) is 10.6 Å². The molecule has 108 valence electrons. The molecule has 0 saturated heterocycles. The first-order chi connectivity index (χ1) is 9.40. The summed E-state index contributed by atoms with van der Waals surface area (Å²) in [4.78, 5) is 5.18. The maximum Gasteiger partial charge on any atom is 0.197 e. The number of nitrogens with zero attached hydrogens (tertiary/aromatic N) is 1. The van der Waals surface area contributed by atoms with Crippen molar-refractivity contribution in [3.05, 3.63) is 40.4 Å². The van der Waals surface area contributed by atoms with Gasteiger partial charge < -0.3 is 4.74 Å². The molecule has 0 atom stereocenters. The number of hydrogen-bond donors (Lipinski definition) is 2. The van der Waals surface area contributed by atoms with E-state index < -0.39 is 0 Å². The van der Waals surface area contributed by atoms with Gasteiger partial charge in [-0.2, -0.15) is 0 Å².